The van der Waals surface area contributed by atoms with E-state index in [0.717, 1.165) is 56.4 Å². The van der Waals surface area contributed by atoms with Gasteiger partial charge in [0.2, 0.25) is 15.9 Å². The van der Waals surface area contributed by atoms with Gasteiger partial charge in [-0.05, 0) is 56.6 Å². The molecule has 2 amide bonds. The zero-order valence-electron chi connectivity index (χ0n) is 18.0. The lowest BCUT2D eigenvalue weighted by molar-refractivity contribution is -0.127. The zero-order valence-corrected chi connectivity index (χ0v) is 20.4. The third-order valence-corrected chi connectivity index (χ3v) is 10.2. The van der Waals surface area contributed by atoms with Crippen LogP contribution in [0, 0.1) is 11.3 Å². The number of sulfonamides is 1. The van der Waals surface area contributed by atoms with Gasteiger partial charge in [0.15, 0.2) is 0 Å². The number of carbonyl (C=O) groups excluding carboxylic acids is 2. The molecule has 11 heteroatoms. The Bertz CT molecular complexity index is 949. The maximum Gasteiger partial charge on any atom is 0.407 e. The highest BCUT2D eigenvalue weighted by molar-refractivity contribution is 7.91. The SMILES string of the molecule is O=C(NCCCN1CCCC1=O)OCC12CCCC(CC1)C2NS(=O)(=O)c1ccc(Cl)s1. The Morgan fingerprint density at radius 3 is 2.84 bits per heavy atom. The van der Waals surface area contributed by atoms with Gasteiger partial charge in [0, 0.05) is 37.5 Å². The average molecular weight is 504 g/mol. The second kappa shape index (κ2) is 9.87. The Hall–Kier alpha value is -1.36. The summed E-state index contributed by atoms with van der Waals surface area (Å²) in [6, 6.07) is 2.85. The minimum Gasteiger partial charge on any atom is -0.449 e. The van der Waals surface area contributed by atoms with E-state index < -0.39 is 16.1 Å². The van der Waals surface area contributed by atoms with E-state index in [2.05, 4.69) is 10.0 Å². The van der Waals surface area contributed by atoms with Crippen LogP contribution in [0.1, 0.15) is 51.4 Å². The molecule has 3 aliphatic rings. The highest BCUT2D eigenvalue weighted by Crippen LogP contribution is 2.52. The molecule has 2 bridgehead atoms. The van der Waals surface area contributed by atoms with Crippen LogP contribution in [-0.2, 0) is 19.6 Å². The molecule has 32 heavy (non-hydrogen) atoms. The van der Waals surface area contributed by atoms with Crippen LogP contribution in [0.25, 0.3) is 0 Å². The number of nitrogens with one attached hydrogen (secondary N) is 2. The third-order valence-electron chi connectivity index (χ3n) is 7.03. The summed E-state index contributed by atoms with van der Waals surface area (Å²) in [6.45, 7) is 2.06. The Morgan fingerprint density at radius 2 is 2.12 bits per heavy atom. The number of carbonyl (C=O) groups is 2. The van der Waals surface area contributed by atoms with Crippen molar-refractivity contribution in [1.82, 2.24) is 14.9 Å². The topological polar surface area (TPSA) is 105 Å². The molecule has 8 nitrogen and oxygen atoms in total. The van der Waals surface area contributed by atoms with Crippen molar-refractivity contribution in [2.24, 2.45) is 11.3 Å². The number of ether oxygens (including phenoxy) is 1. The van der Waals surface area contributed by atoms with Crippen LogP contribution in [0.5, 0.6) is 0 Å². The van der Waals surface area contributed by atoms with Crippen molar-refractivity contribution in [3.05, 3.63) is 16.5 Å². The molecular formula is C21H30ClN3O5S2. The lowest BCUT2D eigenvalue weighted by Crippen LogP contribution is -2.52. The monoisotopic (exact) mass is 503 g/mol. The Balaban J connectivity index is 1.30. The van der Waals surface area contributed by atoms with Crippen LogP contribution in [0.3, 0.4) is 0 Å². The molecule has 1 aromatic heterocycles. The highest BCUT2D eigenvalue weighted by Gasteiger charge is 2.53. The average Bonchev–Trinajstić information content (AvgIpc) is 3.41. The summed E-state index contributed by atoms with van der Waals surface area (Å²) in [5.74, 6) is 0.427. The maximum atomic E-state index is 12.9. The van der Waals surface area contributed by atoms with Gasteiger partial charge >= 0.3 is 6.09 Å². The molecule has 178 valence electrons. The van der Waals surface area contributed by atoms with Crippen LogP contribution in [-0.4, -0.2) is 57.6 Å². The predicted octanol–water partition coefficient (Wildman–Crippen LogP) is 3.37. The van der Waals surface area contributed by atoms with E-state index in [0.29, 0.717) is 30.3 Å². The highest BCUT2D eigenvalue weighted by atomic mass is 35.5. The molecule has 0 radical (unpaired) electrons. The van der Waals surface area contributed by atoms with Gasteiger partial charge in [-0.3, -0.25) is 4.79 Å². The number of hydrogen-bond donors (Lipinski definition) is 2. The van der Waals surface area contributed by atoms with Gasteiger partial charge in [0.25, 0.3) is 0 Å². The molecule has 3 fully saturated rings. The number of likely N-dealkylation sites (tertiary alicyclic amines) is 1. The Kier molecular flexibility index (Phi) is 7.33. The summed E-state index contributed by atoms with van der Waals surface area (Å²) in [6.07, 6.45) is 6.27. The van der Waals surface area contributed by atoms with Crippen LogP contribution >= 0.6 is 22.9 Å². The molecule has 0 aromatic carbocycles. The summed E-state index contributed by atoms with van der Waals surface area (Å²) in [4.78, 5) is 25.7. The lowest BCUT2D eigenvalue weighted by atomic mass is 9.72. The third kappa shape index (κ3) is 5.24. The molecule has 1 saturated heterocycles. The Labute approximate surface area is 198 Å². The molecular weight excluding hydrogens is 474 g/mol. The molecule has 1 aliphatic heterocycles. The van der Waals surface area contributed by atoms with Gasteiger partial charge in [-0.1, -0.05) is 18.0 Å². The molecule has 3 atom stereocenters. The lowest BCUT2D eigenvalue weighted by Gasteiger charge is -2.40. The minimum absolute atomic E-state index is 0.179. The van der Waals surface area contributed by atoms with E-state index in [1.165, 1.54) is 6.07 Å². The van der Waals surface area contributed by atoms with Crippen LogP contribution < -0.4 is 10.0 Å². The number of rotatable bonds is 9. The van der Waals surface area contributed by atoms with Gasteiger partial charge in [-0.25, -0.2) is 17.9 Å². The van der Waals surface area contributed by atoms with Gasteiger partial charge in [0.1, 0.15) is 10.8 Å². The first-order valence-electron chi connectivity index (χ1n) is 11.3. The number of alkyl carbamates (subject to hydrolysis) is 1. The number of nitrogens with zero attached hydrogens (tertiary/aromatic N) is 1. The summed E-state index contributed by atoms with van der Waals surface area (Å²) >= 11 is 6.97. The van der Waals surface area contributed by atoms with Crippen LogP contribution in [0.15, 0.2) is 16.3 Å². The van der Waals surface area contributed by atoms with Crippen molar-refractivity contribution in [1.29, 1.82) is 0 Å². The van der Waals surface area contributed by atoms with E-state index in [-0.39, 0.29) is 34.1 Å². The van der Waals surface area contributed by atoms with E-state index in [1.54, 1.807) is 6.07 Å². The fraction of sp³-hybridized carbons (Fsp3) is 0.714. The smallest absolute Gasteiger partial charge is 0.407 e. The first-order valence-corrected chi connectivity index (χ1v) is 13.9. The molecule has 3 unspecified atom stereocenters. The molecule has 2 aliphatic carbocycles. The number of fused-ring (bicyclic) bond motifs is 2. The molecule has 1 aromatic rings. The van der Waals surface area contributed by atoms with E-state index in [9.17, 15) is 18.0 Å². The largest absolute Gasteiger partial charge is 0.449 e. The minimum atomic E-state index is -3.68. The summed E-state index contributed by atoms with van der Waals surface area (Å²) in [5, 5.41) is 2.76. The number of hydrogen-bond acceptors (Lipinski definition) is 6. The molecule has 0 spiro atoms. The summed E-state index contributed by atoms with van der Waals surface area (Å²) in [7, 11) is -3.68. The van der Waals surface area contributed by atoms with E-state index in [4.69, 9.17) is 16.3 Å². The van der Waals surface area contributed by atoms with Crippen molar-refractivity contribution in [2.75, 3.05) is 26.2 Å². The van der Waals surface area contributed by atoms with E-state index in [1.807, 2.05) is 4.90 Å². The fourth-order valence-electron chi connectivity index (χ4n) is 5.39. The number of amides is 2. The summed E-state index contributed by atoms with van der Waals surface area (Å²) < 4.78 is 34.9. The molecule has 2 heterocycles. The van der Waals surface area contributed by atoms with Crippen molar-refractivity contribution in [3.8, 4) is 0 Å². The molecule has 2 N–H and O–H groups in total. The van der Waals surface area contributed by atoms with Gasteiger partial charge in [0.05, 0.1) is 4.34 Å². The van der Waals surface area contributed by atoms with Crippen molar-refractivity contribution >= 4 is 45.0 Å². The van der Waals surface area contributed by atoms with Gasteiger partial charge < -0.3 is 15.0 Å². The van der Waals surface area contributed by atoms with E-state index >= 15 is 0 Å². The molecule has 4 rings (SSSR count). The van der Waals surface area contributed by atoms with Crippen LogP contribution in [0.4, 0.5) is 4.79 Å². The number of thiophene rings is 1. The van der Waals surface area contributed by atoms with Crippen molar-refractivity contribution in [3.63, 3.8) is 0 Å². The quantitative estimate of drug-likeness (QED) is 0.503. The summed E-state index contributed by atoms with van der Waals surface area (Å²) in [5.41, 5.74) is -0.379. The van der Waals surface area contributed by atoms with Crippen molar-refractivity contribution < 1.29 is 22.7 Å². The predicted molar refractivity (Wildman–Crippen MR) is 122 cm³/mol. The normalized spacial score (nSPS) is 27.7. The zero-order chi connectivity index (χ0) is 22.8. The molecule has 2 saturated carbocycles. The second-order valence-corrected chi connectivity index (χ2v) is 12.7. The van der Waals surface area contributed by atoms with Crippen LogP contribution in [0.2, 0.25) is 4.34 Å². The second-order valence-electron chi connectivity index (χ2n) is 9.05. The first-order chi connectivity index (χ1) is 15.3. The van der Waals surface area contributed by atoms with Crippen molar-refractivity contribution in [2.45, 2.75) is 61.6 Å². The van der Waals surface area contributed by atoms with Gasteiger partial charge in [-0.2, -0.15) is 0 Å². The Morgan fingerprint density at radius 1 is 1.28 bits per heavy atom. The number of halogens is 1. The standard InChI is InChI=1S/C21H30ClN3O5S2/c22-16-6-7-18(31-16)32(28,29)24-19-15-4-1-9-21(19,10-8-15)14-30-20(27)23-11-3-13-25-12-2-5-17(25)26/h6-7,15,19,24H,1-5,8-14H2,(H,23,27). The maximum absolute atomic E-state index is 12.9. The van der Waals surface area contributed by atoms with Gasteiger partial charge in [-0.15, -0.1) is 11.3 Å². The first kappa shape index (κ1) is 23.8. The fourth-order valence-corrected chi connectivity index (χ4v) is 8.29.